The van der Waals surface area contributed by atoms with E-state index in [-0.39, 0.29) is 5.25 Å². The Hall–Kier alpha value is -0.130. The topological polar surface area (TPSA) is 72.2 Å². The summed E-state index contributed by atoms with van der Waals surface area (Å²) < 4.78 is 22.6. The Morgan fingerprint density at radius 1 is 1.06 bits per heavy atom. The molecule has 0 aromatic carbocycles. The SMILES string of the molecule is CC1CC(C)CC(C2CCC(S(N)(=O)=O)CN2)C1. The molecular weight excluding hydrogens is 248 g/mol. The van der Waals surface area contributed by atoms with Gasteiger partial charge in [0.05, 0.1) is 5.25 Å². The van der Waals surface area contributed by atoms with E-state index < -0.39 is 10.0 Å². The Morgan fingerprint density at radius 2 is 1.67 bits per heavy atom. The molecule has 2 aliphatic rings. The van der Waals surface area contributed by atoms with Gasteiger partial charge in [-0.1, -0.05) is 13.8 Å². The summed E-state index contributed by atoms with van der Waals surface area (Å²) in [5, 5.41) is 8.26. The average molecular weight is 274 g/mol. The molecule has 1 aliphatic heterocycles. The van der Waals surface area contributed by atoms with Crippen LogP contribution in [0.2, 0.25) is 0 Å². The summed E-state index contributed by atoms with van der Waals surface area (Å²) >= 11 is 0. The molecule has 1 heterocycles. The fourth-order valence-electron chi connectivity index (χ4n) is 3.87. The molecule has 0 bridgehead atoms. The molecule has 2 rings (SSSR count). The summed E-state index contributed by atoms with van der Waals surface area (Å²) in [6, 6.07) is 0.494. The van der Waals surface area contributed by atoms with Crippen LogP contribution in [0.15, 0.2) is 0 Å². The van der Waals surface area contributed by atoms with Crippen molar-refractivity contribution in [2.45, 2.75) is 57.2 Å². The van der Waals surface area contributed by atoms with Gasteiger partial charge in [-0.15, -0.1) is 0 Å². The zero-order chi connectivity index (χ0) is 13.3. The maximum Gasteiger partial charge on any atom is 0.213 e. The van der Waals surface area contributed by atoms with Crippen LogP contribution in [-0.2, 0) is 10.0 Å². The highest BCUT2D eigenvalue weighted by molar-refractivity contribution is 7.89. The number of sulfonamides is 1. The van der Waals surface area contributed by atoms with Crippen molar-refractivity contribution in [3.8, 4) is 0 Å². The lowest BCUT2D eigenvalue weighted by Gasteiger charge is -2.40. The van der Waals surface area contributed by atoms with Crippen LogP contribution < -0.4 is 10.5 Å². The van der Waals surface area contributed by atoms with Gasteiger partial charge >= 0.3 is 0 Å². The van der Waals surface area contributed by atoms with Gasteiger partial charge < -0.3 is 5.32 Å². The van der Waals surface area contributed by atoms with Crippen molar-refractivity contribution in [2.75, 3.05) is 6.54 Å². The van der Waals surface area contributed by atoms with Crippen molar-refractivity contribution in [3.05, 3.63) is 0 Å². The maximum absolute atomic E-state index is 11.3. The predicted molar refractivity (Wildman–Crippen MR) is 73.6 cm³/mol. The molecular formula is C13H26N2O2S. The quantitative estimate of drug-likeness (QED) is 0.801. The van der Waals surface area contributed by atoms with Gasteiger partial charge in [0.25, 0.3) is 0 Å². The molecule has 4 nitrogen and oxygen atoms in total. The lowest BCUT2D eigenvalue weighted by Crippen LogP contribution is -2.50. The van der Waals surface area contributed by atoms with Gasteiger partial charge in [-0.2, -0.15) is 0 Å². The lowest BCUT2D eigenvalue weighted by atomic mass is 9.72. The second kappa shape index (κ2) is 5.47. The molecule has 0 spiro atoms. The molecule has 2 fully saturated rings. The molecule has 4 unspecified atom stereocenters. The molecule has 0 aromatic heterocycles. The van der Waals surface area contributed by atoms with Crippen molar-refractivity contribution < 1.29 is 8.42 Å². The highest BCUT2D eigenvalue weighted by Crippen LogP contribution is 2.36. The third kappa shape index (κ3) is 3.45. The Kier molecular flexibility index (Phi) is 4.34. The van der Waals surface area contributed by atoms with E-state index in [4.69, 9.17) is 5.14 Å². The minimum Gasteiger partial charge on any atom is -0.312 e. The van der Waals surface area contributed by atoms with Crippen molar-refractivity contribution in [2.24, 2.45) is 22.9 Å². The molecule has 18 heavy (non-hydrogen) atoms. The van der Waals surface area contributed by atoms with E-state index in [1.807, 2.05) is 0 Å². The fourth-order valence-corrected chi connectivity index (χ4v) is 4.67. The number of hydrogen-bond donors (Lipinski definition) is 2. The van der Waals surface area contributed by atoms with Gasteiger partial charge in [0.1, 0.15) is 0 Å². The first kappa shape index (κ1) is 14.3. The Bertz CT molecular complexity index is 364. The number of nitrogens with two attached hydrogens (primary N) is 1. The second-order valence-corrected chi connectivity index (χ2v) is 8.33. The van der Waals surface area contributed by atoms with Crippen LogP contribution in [0.5, 0.6) is 0 Å². The number of hydrogen-bond acceptors (Lipinski definition) is 3. The van der Waals surface area contributed by atoms with Gasteiger partial charge in [0.2, 0.25) is 10.0 Å². The molecule has 1 saturated carbocycles. The highest BCUT2D eigenvalue weighted by atomic mass is 32.2. The Morgan fingerprint density at radius 3 is 2.11 bits per heavy atom. The third-order valence-electron chi connectivity index (χ3n) is 4.66. The summed E-state index contributed by atoms with van der Waals surface area (Å²) in [5.41, 5.74) is 0. The van der Waals surface area contributed by atoms with Crippen molar-refractivity contribution >= 4 is 10.0 Å². The first-order valence-corrected chi connectivity index (χ1v) is 8.72. The number of rotatable bonds is 2. The van der Waals surface area contributed by atoms with Gasteiger partial charge in [-0.3, -0.25) is 0 Å². The maximum atomic E-state index is 11.3. The largest absolute Gasteiger partial charge is 0.312 e. The summed E-state index contributed by atoms with van der Waals surface area (Å²) in [6.45, 7) is 5.19. The van der Waals surface area contributed by atoms with Crippen LogP contribution in [-0.4, -0.2) is 26.3 Å². The highest BCUT2D eigenvalue weighted by Gasteiger charge is 2.34. The Balaban J connectivity index is 1.89. The standard InChI is InChI=1S/C13H26N2O2S/c1-9-5-10(2)7-11(6-9)13-4-3-12(8-15-13)18(14,16)17/h9-13,15H,3-8H2,1-2H3,(H2,14,16,17). The predicted octanol–water partition coefficient (Wildman–Crippen LogP) is 1.47. The van der Waals surface area contributed by atoms with E-state index >= 15 is 0 Å². The number of piperidine rings is 1. The van der Waals surface area contributed by atoms with E-state index in [1.54, 1.807) is 0 Å². The minimum absolute atomic E-state index is 0.382. The molecule has 0 radical (unpaired) electrons. The van der Waals surface area contributed by atoms with E-state index in [0.29, 0.717) is 18.5 Å². The molecule has 1 aliphatic carbocycles. The van der Waals surface area contributed by atoms with E-state index in [2.05, 4.69) is 19.2 Å². The van der Waals surface area contributed by atoms with Crippen molar-refractivity contribution in [3.63, 3.8) is 0 Å². The summed E-state index contributed by atoms with van der Waals surface area (Å²) in [6.07, 6.45) is 5.56. The number of primary sulfonamides is 1. The zero-order valence-corrected chi connectivity index (χ0v) is 12.2. The normalized spacial score (nSPS) is 42.7. The van der Waals surface area contributed by atoms with Crippen LogP contribution in [0.1, 0.15) is 46.0 Å². The van der Waals surface area contributed by atoms with Crippen molar-refractivity contribution in [1.82, 2.24) is 5.32 Å². The molecule has 1 saturated heterocycles. The lowest BCUT2D eigenvalue weighted by molar-refractivity contribution is 0.160. The van der Waals surface area contributed by atoms with Crippen LogP contribution in [0, 0.1) is 17.8 Å². The second-order valence-electron chi connectivity index (χ2n) is 6.48. The van der Waals surface area contributed by atoms with Crippen LogP contribution in [0.4, 0.5) is 0 Å². The molecule has 106 valence electrons. The average Bonchev–Trinajstić information content (AvgIpc) is 2.27. The fraction of sp³-hybridized carbons (Fsp3) is 1.00. The van der Waals surface area contributed by atoms with Gasteiger partial charge in [0.15, 0.2) is 0 Å². The molecule has 0 amide bonds. The van der Waals surface area contributed by atoms with Crippen LogP contribution >= 0.6 is 0 Å². The molecule has 5 heteroatoms. The first-order valence-electron chi connectivity index (χ1n) is 7.11. The Labute approximate surface area is 111 Å². The van der Waals surface area contributed by atoms with Gasteiger partial charge in [0, 0.05) is 12.6 Å². The summed E-state index contributed by atoms with van der Waals surface area (Å²) in [5.74, 6) is 2.32. The minimum atomic E-state index is -3.36. The summed E-state index contributed by atoms with van der Waals surface area (Å²) in [7, 11) is -3.36. The van der Waals surface area contributed by atoms with Crippen LogP contribution in [0.25, 0.3) is 0 Å². The summed E-state index contributed by atoms with van der Waals surface area (Å²) in [4.78, 5) is 0. The monoisotopic (exact) mass is 274 g/mol. The van der Waals surface area contributed by atoms with Gasteiger partial charge in [-0.25, -0.2) is 13.6 Å². The van der Waals surface area contributed by atoms with Gasteiger partial charge in [-0.05, 0) is 49.9 Å². The zero-order valence-electron chi connectivity index (χ0n) is 11.4. The smallest absolute Gasteiger partial charge is 0.213 e. The van der Waals surface area contributed by atoms with E-state index in [0.717, 1.165) is 24.7 Å². The third-order valence-corrected chi connectivity index (χ3v) is 5.99. The number of nitrogens with one attached hydrogen (secondary N) is 1. The van der Waals surface area contributed by atoms with E-state index in [1.165, 1.54) is 19.3 Å². The van der Waals surface area contributed by atoms with Crippen LogP contribution in [0.3, 0.4) is 0 Å². The molecule has 0 aromatic rings. The molecule has 3 N–H and O–H groups in total. The molecule has 4 atom stereocenters. The van der Waals surface area contributed by atoms with Crippen molar-refractivity contribution in [1.29, 1.82) is 0 Å². The van der Waals surface area contributed by atoms with E-state index in [9.17, 15) is 8.42 Å². The first-order chi connectivity index (χ1) is 8.36.